The van der Waals surface area contributed by atoms with Gasteiger partial charge in [0, 0.05) is 31.4 Å². The highest BCUT2D eigenvalue weighted by Gasteiger charge is 2.34. The molecule has 0 spiro atoms. The van der Waals surface area contributed by atoms with Crippen molar-refractivity contribution >= 4 is 22.8 Å². The van der Waals surface area contributed by atoms with E-state index in [0.717, 1.165) is 49.2 Å². The number of carbonyl (C=O) groups excluding carboxylic acids is 1. The molecule has 0 aliphatic carbocycles. The van der Waals surface area contributed by atoms with Gasteiger partial charge in [-0.3, -0.25) is 14.4 Å². The number of para-hydroxylation sites is 3. The second-order valence-electron chi connectivity index (χ2n) is 7.80. The third-order valence-electron chi connectivity index (χ3n) is 5.95. The number of likely N-dealkylation sites (tertiary alicyclic amines) is 1. The number of anilines is 1. The maximum Gasteiger partial charge on any atom is 0.414 e. The van der Waals surface area contributed by atoms with Crippen LogP contribution in [0, 0.1) is 0 Å². The van der Waals surface area contributed by atoms with Gasteiger partial charge >= 0.3 is 11.8 Å². The zero-order chi connectivity index (χ0) is 19.8. The summed E-state index contributed by atoms with van der Waals surface area (Å²) in [5.74, 6) is 0. The van der Waals surface area contributed by atoms with E-state index in [1.165, 1.54) is 0 Å². The van der Waals surface area contributed by atoms with E-state index in [4.69, 9.17) is 4.74 Å². The monoisotopic (exact) mass is 392 g/mol. The van der Waals surface area contributed by atoms with E-state index in [0.29, 0.717) is 6.54 Å². The first-order valence-electron chi connectivity index (χ1n) is 10.1. The molecule has 0 radical (unpaired) electrons. The highest BCUT2D eigenvalue weighted by Crippen LogP contribution is 2.26. The number of fused-ring (bicyclic) bond motifs is 1. The van der Waals surface area contributed by atoms with Crippen LogP contribution in [0.15, 0.2) is 59.4 Å². The second-order valence-corrected chi connectivity index (χ2v) is 7.80. The van der Waals surface area contributed by atoms with E-state index < -0.39 is 0 Å². The largest absolute Gasteiger partial charge is 0.443 e. The molecule has 3 heterocycles. The third-order valence-corrected chi connectivity index (χ3v) is 5.95. The summed E-state index contributed by atoms with van der Waals surface area (Å²) in [5.41, 5.74) is 2.70. The summed E-state index contributed by atoms with van der Waals surface area (Å²) < 4.78 is 7.49. The number of piperidine rings is 1. The van der Waals surface area contributed by atoms with Gasteiger partial charge in [-0.1, -0.05) is 30.3 Å². The van der Waals surface area contributed by atoms with Gasteiger partial charge in [0.15, 0.2) is 0 Å². The lowest BCUT2D eigenvalue weighted by atomic mass is 10.0. The average molecular weight is 392 g/mol. The van der Waals surface area contributed by atoms with E-state index in [2.05, 4.69) is 9.88 Å². The van der Waals surface area contributed by atoms with Gasteiger partial charge < -0.3 is 9.72 Å². The summed E-state index contributed by atoms with van der Waals surface area (Å²) in [5, 5.41) is 0. The predicted octanol–water partition coefficient (Wildman–Crippen LogP) is 2.99. The fourth-order valence-corrected chi connectivity index (χ4v) is 4.52. The minimum absolute atomic E-state index is 0.0344. The maximum absolute atomic E-state index is 12.4. The van der Waals surface area contributed by atoms with Gasteiger partial charge in [-0.15, -0.1) is 0 Å². The van der Waals surface area contributed by atoms with Crippen LogP contribution in [0.5, 0.6) is 0 Å². The van der Waals surface area contributed by atoms with E-state index in [1.807, 2.05) is 59.2 Å². The standard InChI is InChI=1S/C22H24N4O3/c27-21-23-19-8-4-5-9-20(19)26(21)17-10-12-24(13-11-17)14-18-15-25(22(28)29-18)16-6-2-1-3-7-16/h1-9,17-18H,10-15H2,(H,23,27). The quantitative estimate of drug-likeness (QED) is 0.741. The van der Waals surface area contributed by atoms with E-state index in [1.54, 1.807) is 4.90 Å². The molecule has 2 saturated heterocycles. The molecule has 7 heteroatoms. The van der Waals surface area contributed by atoms with Gasteiger partial charge in [0.1, 0.15) is 6.10 Å². The smallest absolute Gasteiger partial charge is 0.414 e. The third kappa shape index (κ3) is 3.42. The molecule has 7 nitrogen and oxygen atoms in total. The van der Waals surface area contributed by atoms with Crippen molar-refractivity contribution in [1.82, 2.24) is 14.5 Å². The highest BCUT2D eigenvalue weighted by atomic mass is 16.6. The summed E-state index contributed by atoms with van der Waals surface area (Å²) in [6, 6.07) is 17.7. The number of ether oxygens (including phenoxy) is 1. The maximum atomic E-state index is 12.4. The number of nitrogens with zero attached hydrogens (tertiary/aromatic N) is 3. The summed E-state index contributed by atoms with van der Waals surface area (Å²) >= 11 is 0. The van der Waals surface area contributed by atoms with Gasteiger partial charge in [0.2, 0.25) is 0 Å². The van der Waals surface area contributed by atoms with Crippen molar-refractivity contribution in [2.75, 3.05) is 31.1 Å². The lowest BCUT2D eigenvalue weighted by Crippen LogP contribution is -2.41. The number of hydrogen-bond acceptors (Lipinski definition) is 4. The van der Waals surface area contributed by atoms with Gasteiger partial charge in [-0.25, -0.2) is 9.59 Å². The molecule has 0 saturated carbocycles. The molecule has 5 rings (SSSR count). The van der Waals surface area contributed by atoms with Crippen molar-refractivity contribution in [1.29, 1.82) is 0 Å². The molecule has 2 fully saturated rings. The molecule has 3 aromatic rings. The first-order chi connectivity index (χ1) is 14.2. The van der Waals surface area contributed by atoms with Crippen LogP contribution in [0.3, 0.4) is 0 Å². The Kier molecular flexibility index (Phi) is 4.60. The molecule has 1 unspecified atom stereocenters. The topological polar surface area (TPSA) is 70.6 Å². The Morgan fingerprint density at radius 3 is 2.48 bits per heavy atom. The van der Waals surface area contributed by atoms with E-state index in [9.17, 15) is 9.59 Å². The molecule has 0 bridgehead atoms. The summed E-state index contributed by atoms with van der Waals surface area (Å²) in [6.45, 7) is 3.07. The van der Waals surface area contributed by atoms with Gasteiger partial charge in [-0.2, -0.15) is 0 Å². The number of aromatic nitrogens is 2. The lowest BCUT2D eigenvalue weighted by molar-refractivity contribution is 0.0925. The van der Waals surface area contributed by atoms with E-state index in [-0.39, 0.29) is 23.9 Å². The molecule has 2 aliphatic heterocycles. The van der Waals surface area contributed by atoms with Crippen LogP contribution in [-0.4, -0.2) is 52.8 Å². The van der Waals surface area contributed by atoms with Crippen molar-refractivity contribution in [3.63, 3.8) is 0 Å². The molecule has 29 heavy (non-hydrogen) atoms. The SMILES string of the molecule is O=C1OC(CN2CCC(n3c(=O)[nH]c4ccccc43)CC2)CN1c1ccccc1. The van der Waals surface area contributed by atoms with Gasteiger partial charge in [0.25, 0.3) is 0 Å². The van der Waals surface area contributed by atoms with Crippen LogP contribution in [-0.2, 0) is 4.74 Å². The Labute approximate surface area is 168 Å². The van der Waals surface area contributed by atoms with Crippen LogP contribution in [0.1, 0.15) is 18.9 Å². The van der Waals surface area contributed by atoms with Crippen molar-refractivity contribution in [3.05, 3.63) is 65.1 Å². The number of benzene rings is 2. The molecule has 150 valence electrons. The minimum Gasteiger partial charge on any atom is -0.443 e. The van der Waals surface area contributed by atoms with E-state index >= 15 is 0 Å². The number of nitrogens with one attached hydrogen (secondary N) is 1. The van der Waals surface area contributed by atoms with Crippen LogP contribution in [0.4, 0.5) is 10.5 Å². The van der Waals surface area contributed by atoms with Crippen molar-refractivity contribution < 1.29 is 9.53 Å². The predicted molar refractivity (Wildman–Crippen MR) is 111 cm³/mol. The fourth-order valence-electron chi connectivity index (χ4n) is 4.52. The van der Waals surface area contributed by atoms with Gasteiger partial charge in [-0.05, 0) is 37.1 Å². The van der Waals surface area contributed by atoms with Crippen LogP contribution < -0.4 is 10.6 Å². The highest BCUT2D eigenvalue weighted by molar-refractivity contribution is 5.89. The number of rotatable bonds is 4. The van der Waals surface area contributed by atoms with Crippen molar-refractivity contribution in [2.45, 2.75) is 25.0 Å². The molecule has 2 aromatic carbocycles. The number of amides is 1. The second kappa shape index (κ2) is 7.40. The normalized spacial score (nSPS) is 21.0. The zero-order valence-corrected chi connectivity index (χ0v) is 16.2. The number of aromatic amines is 1. The number of hydrogen-bond donors (Lipinski definition) is 1. The number of cyclic esters (lactones) is 1. The Hall–Kier alpha value is -3.06. The van der Waals surface area contributed by atoms with Crippen molar-refractivity contribution in [2.24, 2.45) is 0 Å². The minimum atomic E-state index is -0.276. The van der Waals surface area contributed by atoms with Crippen molar-refractivity contribution in [3.8, 4) is 0 Å². The molecule has 1 atom stereocenters. The molecular formula is C22H24N4O3. The Bertz CT molecular complexity index is 1070. The van der Waals surface area contributed by atoms with Gasteiger partial charge in [0.05, 0.1) is 17.6 Å². The average Bonchev–Trinajstić information content (AvgIpc) is 3.28. The molecular weight excluding hydrogens is 368 g/mol. The zero-order valence-electron chi connectivity index (χ0n) is 16.2. The van der Waals surface area contributed by atoms with Crippen LogP contribution in [0.25, 0.3) is 11.0 Å². The molecule has 1 N–H and O–H groups in total. The first-order valence-corrected chi connectivity index (χ1v) is 10.1. The molecule has 2 aliphatic rings. The Balaban J connectivity index is 1.21. The lowest BCUT2D eigenvalue weighted by Gasteiger charge is -2.33. The Morgan fingerprint density at radius 2 is 1.69 bits per heavy atom. The van der Waals surface area contributed by atoms with Crippen LogP contribution >= 0.6 is 0 Å². The number of carbonyl (C=O) groups is 1. The summed E-state index contributed by atoms with van der Waals surface area (Å²) in [7, 11) is 0. The first kappa shape index (κ1) is 18.0. The number of H-pyrrole nitrogens is 1. The summed E-state index contributed by atoms with van der Waals surface area (Å²) in [6.07, 6.45) is 1.41. The number of imidazole rings is 1. The Morgan fingerprint density at radius 1 is 0.966 bits per heavy atom. The fraction of sp³-hybridized carbons (Fsp3) is 0.364. The van der Waals surface area contributed by atoms with Crippen LogP contribution in [0.2, 0.25) is 0 Å². The molecule has 1 amide bonds. The molecule has 1 aromatic heterocycles. The summed E-state index contributed by atoms with van der Waals surface area (Å²) in [4.78, 5) is 31.7.